The highest BCUT2D eigenvalue weighted by Crippen LogP contribution is 2.37. The lowest BCUT2D eigenvalue weighted by Gasteiger charge is -2.46. The second kappa shape index (κ2) is 20.7. The van der Waals surface area contributed by atoms with Crippen LogP contribution in [-0.4, -0.2) is 59.2 Å². The van der Waals surface area contributed by atoms with Crippen molar-refractivity contribution in [3.8, 4) is 0 Å². The predicted octanol–water partition coefficient (Wildman–Crippen LogP) is 8.76. The number of rotatable bonds is 23. The molecule has 1 rings (SSSR count). The number of aliphatic hydroxyl groups excluding tert-OH is 1. The van der Waals surface area contributed by atoms with Crippen LogP contribution in [0.25, 0.3) is 0 Å². The molecule has 0 unspecified atom stereocenters. The van der Waals surface area contributed by atoms with Crippen LogP contribution < -0.4 is 0 Å². The lowest BCUT2D eigenvalue weighted by atomic mass is 9.82. The highest BCUT2D eigenvalue weighted by molar-refractivity contribution is 6.74. The van der Waals surface area contributed by atoms with Crippen LogP contribution in [-0.2, 0) is 29.7 Å². The molecule has 0 aliphatic carbocycles. The third-order valence-electron chi connectivity index (χ3n) is 9.77. The number of aliphatic hydroxyl groups is 1. The van der Waals surface area contributed by atoms with E-state index in [1.54, 1.807) is 13.0 Å². The van der Waals surface area contributed by atoms with Crippen LogP contribution in [0, 0.1) is 17.8 Å². The second-order valence-electron chi connectivity index (χ2n) is 12.3. The van der Waals surface area contributed by atoms with Gasteiger partial charge in [-0.25, -0.2) is 4.79 Å². The highest BCUT2D eigenvalue weighted by atomic mass is 28.4. The van der Waals surface area contributed by atoms with Gasteiger partial charge in [0.15, 0.2) is 16.6 Å². The molecule has 0 radical (unpaired) electrons. The van der Waals surface area contributed by atoms with Gasteiger partial charge in [0.05, 0.1) is 38.1 Å². The minimum absolute atomic E-state index is 0.0436. The molecule has 1 N–H and O–H groups in total. The molecule has 0 aromatic heterocycles. The molecule has 0 fully saturated rings. The molecule has 1 aromatic rings. The van der Waals surface area contributed by atoms with E-state index in [4.69, 9.17) is 18.3 Å². The number of carbonyl (C=O) groups is 1. The largest absolute Gasteiger partial charge is 0.463 e. The van der Waals surface area contributed by atoms with Crippen LogP contribution in [0.2, 0.25) is 36.3 Å². The molecule has 0 saturated heterocycles. The van der Waals surface area contributed by atoms with Crippen molar-refractivity contribution in [2.24, 2.45) is 17.8 Å². The molecule has 0 heterocycles. The van der Waals surface area contributed by atoms with E-state index in [2.05, 4.69) is 74.4 Å². The Bertz CT molecular complexity index is 886. The van der Waals surface area contributed by atoms with Crippen LogP contribution >= 0.6 is 0 Å². The molecule has 8 heteroatoms. The van der Waals surface area contributed by atoms with Gasteiger partial charge in [-0.1, -0.05) is 98.7 Å². The molecule has 6 nitrogen and oxygen atoms in total. The molecule has 43 heavy (non-hydrogen) atoms. The van der Waals surface area contributed by atoms with E-state index in [0.717, 1.165) is 41.8 Å². The lowest BCUT2D eigenvalue weighted by Crippen LogP contribution is -2.53. The summed E-state index contributed by atoms with van der Waals surface area (Å²) in [6, 6.07) is 16.6. The minimum Gasteiger partial charge on any atom is -0.463 e. The van der Waals surface area contributed by atoms with Gasteiger partial charge in [-0.3, -0.25) is 0 Å². The van der Waals surface area contributed by atoms with Gasteiger partial charge in [-0.05, 0) is 55.2 Å². The number of benzene rings is 1. The minimum atomic E-state index is -2.02. The molecule has 1 aromatic carbocycles. The maximum Gasteiger partial charge on any atom is 0.330 e. The maximum atomic E-state index is 11.9. The van der Waals surface area contributed by atoms with Crippen LogP contribution in [0.3, 0.4) is 0 Å². The van der Waals surface area contributed by atoms with Crippen molar-refractivity contribution >= 4 is 22.6 Å². The van der Waals surface area contributed by atoms with Crippen molar-refractivity contribution in [2.75, 3.05) is 13.2 Å². The van der Waals surface area contributed by atoms with Gasteiger partial charge in [0.25, 0.3) is 0 Å². The van der Waals surface area contributed by atoms with Gasteiger partial charge in [-0.2, -0.15) is 0 Å². The van der Waals surface area contributed by atoms with Crippen molar-refractivity contribution in [1.29, 1.82) is 0 Å². The van der Waals surface area contributed by atoms with Crippen LogP contribution in [0.1, 0.15) is 81.2 Å². The van der Waals surface area contributed by atoms with Gasteiger partial charge >= 0.3 is 5.97 Å². The first kappa shape index (κ1) is 39.7. The quantitative estimate of drug-likeness (QED) is 0.0735. The van der Waals surface area contributed by atoms with Gasteiger partial charge in [0.1, 0.15) is 0 Å². The van der Waals surface area contributed by atoms with Gasteiger partial charge in [0.2, 0.25) is 0 Å². The summed E-state index contributed by atoms with van der Waals surface area (Å²) in [5, 5.41) is 11.4. The molecule has 0 spiro atoms. The van der Waals surface area contributed by atoms with Crippen molar-refractivity contribution in [1.82, 2.24) is 0 Å². The molecule has 6 atom stereocenters. The van der Waals surface area contributed by atoms with Crippen LogP contribution in [0.4, 0.5) is 0 Å². The third-order valence-corrected chi connectivity index (χ3v) is 19.0. The zero-order valence-electron chi connectivity index (χ0n) is 29.1. The fourth-order valence-electron chi connectivity index (χ4n) is 6.16. The zero-order valence-corrected chi connectivity index (χ0v) is 31.1. The molecule has 248 valence electrons. The Morgan fingerprint density at radius 1 is 0.791 bits per heavy atom. The van der Waals surface area contributed by atoms with Crippen molar-refractivity contribution in [3.05, 3.63) is 48.0 Å². The number of carbonyl (C=O) groups excluding carboxylic acids is 1. The average molecular weight is 637 g/mol. The van der Waals surface area contributed by atoms with E-state index in [1.807, 2.05) is 18.2 Å². The van der Waals surface area contributed by atoms with E-state index in [9.17, 15) is 9.90 Å². The second-order valence-corrected chi connectivity index (χ2v) is 21.8. The monoisotopic (exact) mass is 636 g/mol. The summed E-state index contributed by atoms with van der Waals surface area (Å²) in [5.74, 6) is -0.337. The maximum absolute atomic E-state index is 11.9. The fourth-order valence-corrected chi connectivity index (χ4v) is 12.2. The Kier molecular flexibility index (Phi) is 19.1. The predicted molar refractivity (Wildman–Crippen MR) is 184 cm³/mol. The normalized spacial score (nSPS) is 16.9. The number of hydrogen-bond acceptors (Lipinski definition) is 6. The Balaban J connectivity index is 3.40. The molecule has 0 saturated carbocycles. The molecule has 0 aliphatic rings. The first-order chi connectivity index (χ1) is 20.5. The van der Waals surface area contributed by atoms with Gasteiger partial charge in [0, 0.05) is 23.8 Å². The molecule has 0 aliphatic heterocycles. The van der Waals surface area contributed by atoms with Crippen LogP contribution in [0.15, 0.2) is 42.5 Å². The highest BCUT2D eigenvalue weighted by Gasteiger charge is 2.44. The Labute approximate surface area is 266 Å². The zero-order chi connectivity index (χ0) is 32.5. The smallest absolute Gasteiger partial charge is 0.330 e. The Hall–Kier alpha value is -1.30. The summed E-state index contributed by atoms with van der Waals surface area (Å²) in [7, 11) is -3.99. The number of hydrogen-bond donors (Lipinski definition) is 1. The summed E-state index contributed by atoms with van der Waals surface area (Å²) in [6.07, 6.45) is 2.60. The topological polar surface area (TPSA) is 74.2 Å². The first-order valence-electron chi connectivity index (χ1n) is 17.0. The Morgan fingerprint density at radius 3 is 1.79 bits per heavy atom. The molecular weight excluding hydrogens is 573 g/mol. The van der Waals surface area contributed by atoms with Crippen molar-refractivity contribution < 1.29 is 28.2 Å². The van der Waals surface area contributed by atoms with E-state index >= 15 is 0 Å². The third kappa shape index (κ3) is 12.5. The number of ether oxygens (including phenoxy) is 2. The standard InChI is InChI=1S/C35H64O6Si2/c1-11-39-33(37)25-21-24-32(36)29(9)35(41-43(15-5,16-6)17-7)30(10)34(40-42(12-2,13-3)14-4)28(8)26-38-27-31-22-19-18-20-23-31/h18-23,25,28-30,32,34-36H,11-17,24,26-27H2,1-10H3/b25-21+/t28-,29-,30-,32+,34-,35-/m0/s1. The van der Waals surface area contributed by atoms with E-state index in [0.29, 0.717) is 26.2 Å². The average Bonchev–Trinajstić information content (AvgIpc) is 3.03. The van der Waals surface area contributed by atoms with Crippen molar-refractivity contribution in [3.63, 3.8) is 0 Å². The van der Waals surface area contributed by atoms with E-state index < -0.39 is 22.7 Å². The SMILES string of the molecule is CCOC(=O)/C=C/C[C@@H](O)[C@H](C)[C@H](O[Si](CC)(CC)CC)[C@@H](C)[C@@H](O[Si](CC)(CC)CC)[C@@H](C)COCc1ccccc1. The van der Waals surface area contributed by atoms with Gasteiger partial charge < -0.3 is 23.4 Å². The van der Waals surface area contributed by atoms with E-state index in [-0.39, 0.29) is 35.9 Å². The van der Waals surface area contributed by atoms with Crippen LogP contribution in [0.5, 0.6) is 0 Å². The Morgan fingerprint density at radius 2 is 1.30 bits per heavy atom. The van der Waals surface area contributed by atoms with E-state index in [1.165, 1.54) is 6.08 Å². The summed E-state index contributed by atoms with van der Waals surface area (Å²) in [4.78, 5) is 11.9. The van der Waals surface area contributed by atoms with Gasteiger partial charge in [-0.15, -0.1) is 0 Å². The molecular formula is C35H64O6Si2. The summed E-state index contributed by atoms with van der Waals surface area (Å²) in [6.45, 7) is 23.5. The molecule has 0 bridgehead atoms. The number of esters is 1. The van der Waals surface area contributed by atoms with Crippen molar-refractivity contribution in [2.45, 2.75) is 137 Å². The summed E-state index contributed by atoms with van der Waals surface area (Å²) < 4.78 is 25.9. The first-order valence-corrected chi connectivity index (χ1v) is 22.1. The summed E-state index contributed by atoms with van der Waals surface area (Å²) in [5.41, 5.74) is 1.16. The summed E-state index contributed by atoms with van der Waals surface area (Å²) >= 11 is 0. The molecule has 0 amide bonds. The fraction of sp³-hybridized carbons (Fsp3) is 0.743. The lowest BCUT2D eigenvalue weighted by molar-refractivity contribution is -0.137.